The van der Waals surface area contributed by atoms with Gasteiger partial charge in [0.15, 0.2) is 0 Å². The fourth-order valence-electron chi connectivity index (χ4n) is 8.41. The van der Waals surface area contributed by atoms with Crippen molar-refractivity contribution in [3.63, 3.8) is 0 Å². The van der Waals surface area contributed by atoms with E-state index in [1.165, 1.54) is 61.5 Å². The Labute approximate surface area is 335 Å². The normalized spacial score (nSPS) is 12.9. The minimum absolute atomic E-state index is 0.608. The molecule has 0 nitrogen and oxygen atoms in total. The van der Waals surface area contributed by atoms with Crippen LogP contribution in [0, 0.1) is 0 Å². The highest BCUT2D eigenvalue weighted by Gasteiger charge is 2.51. The average Bonchev–Trinajstić information content (AvgIpc) is 3.68. The maximum atomic E-state index is 2.44. The predicted octanol–water partition coefficient (Wildman–Crippen LogP) is 10.4. The Morgan fingerprint density at radius 1 is 0.375 bits per heavy atom. The second kappa shape index (κ2) is 16.7. The van der Waals surface area contributed by atoms with Gasteiger partial charge in [-0.3, -0.25) is 0 Å². The fourth-order valence-corrected chi connectivity index (χ4v) is 24.8. The van der Waals surface area contributed by atoms with E-state index in [4.69, 9.17) is 0 Å². The molecule has 1 aliphatic heterocycles. The minimum Gasteiger partial charge on any atom is -0.0622 e. The molecule has 56 heavy (non-hydrogen) atoms. The summed E-state index contributed by atoms with van der Waals surface area (Å²) in [5.74, 6) is 0. The Morgan fingerprint density at radius 2 is 0.714 bits per heavy atom. The molecule has 0 saturated heterocycles. The van der Waals surface area contributed by atoms with Crippen molar-refractivity contribution >= 4 is 77.5 Å². The number of hydrogen-bond acceptors (Lipinski definition) is 0. The molecule has 0 bridgehead atoms. The summed E-state index contributed by atoms with van der Waals surface area (Å²) in [6.07, 6.45) is 2.17. The van der Waals surface area contributed by atoms with Crippen LogP contribution in [-0.2, 0) is 0 Å². The summed E-state index contributed by atoms with van der Waals surface area (Å²) in [6, 6.07) is 89.4. The molecule has 0 amide bonds. The zero-order valence-corrected chi connectivity index (χ0v) is 34.8. The van der Waals surface area contributed by atoms with Crippen LogP contribution in [-0.4, -0.2) is 22.4 Å². The standard InChI is InChI=1S/C52H43P4/c1-8-24-42(25-9-1)54(43-26-10-2-11-27-43)40-41-55(44-28-12-3-13-29-44,45-30-14-4-15-31-45)51-49-38-22-23-39-50(49)52(53-51)56(46-32-16-5-17-33-46,47-34-18-6-19-35-47)48-36-20-7-21-37-48/h1-39H,40-41H2/q+1. The molecule has 0 aliphatic carbocycles. The molecule has 0 N–H and O–H groups in total. The minimum atomic E-state index is -2.35. The van der Waals surface area contributed by atoms with Gasteiger partial charge >= 0.3 is 0 Å². The number of fused-ring (bicyclic) bond motifs is 1. The van der Waals surface area contributed by atoms with Crippen molar-refractivity contribution in [1.82, 2.24) is 0 Å². The molecule has 9 rings (SSSR count). The third-order valence-corrected chi connectivity index (χ3v) is 25.5. The van der Waals surface area contributed by atoms with Crippen molar-refractivity contribution in [3.05, 3.63) is 248 Å². The average molecular weight is 792 g/mol. The molecule has 0 radical (unpaired) electrons. The number of benzene rings is 8. The second-order valence-electron chi connectivity index (χ2n) is 14.0. The van der Waals surface area contributed by atoms with Crippen molar-refractivity contribution < 1.29 is 0 Å². The van der Waals surface area contributed by atoms with Gasteiger partial charge < -0.3 is 0 Å². The van der Waals surface area contributed by atoms with Crippen LogP contribution in [0.5, 0.6) is 0 Å². The van der Waals surface area contributed by atoms with Crippen LogP contribution in [0.15, 0.2) is 237 Å². The van der Waals surface area contributed by atoms with Crippen LogP contribution >= 0.6 is 30.3 Å². The molecule has 270 valence electrons. The Hall–Kier alpha value is -4.91. The van der Waals surface area contributed by atoms with Gasteiger partial charge in [0.05, 0.1) is 6.16 Å². The summed E-state index contributed by atoms with van der Waals surface area (Å²) in [4.78, 5) is 0. The molecule has 0 unspecified atom stereocenters. The van der Waals surface area contributed by atoms with E-state index in [2.05, 4.69) is 237 Å². The first-order valence-electron chi connectivity index (χ1n) is 19.3. The van der Waals surface area contributed by atoms with E-state index in [9.17, 15) is 0 Å². The summed E-state index contributed by atoms with van der Waals surface area (Å²) in [7, 11) is -1.53. The lowest BCUT2D eigenvalue weighted by Crippen LogP contribution is -2.32. The highest BCUT2D eigenvalue weighted by Crippen LogP contribution is 2.66. The maximum Gasteiger partial charge on any atom is 0.138 e. The Morgan fingerprint density at radius 3 is 1.12 bits per heavy atom. The molecule has 0 saturated carbocycles. The van der Waals surface area contributed by atoms with Crippen molar-refractivity contribution in [2.24, 2.45) is 0 Å². The lowest BCUT2D eigenvalue weighted by molar-refractivity contribution is 1.49. The van der Waals surface area contributed by atoms with Crippen LogP contribution in [0.1, 0.15) is 11.1 Å². The quantitative estimate of drug-likeness (QED) is 0.115. The molecular formula is C52H43P4+. The third-order valence-electron chi connectivity index (χ3n) is 10.9. The number of hydrogen-bond donors (Lipinski definition) is 0. The SMILES string of the molecule is c1ccc(P(CC[P+](C2=PC(=P(c3ccccc3)(c3ccccc3)c3ccccc3)c3ccccc32)(c2ccccc2)c2ccccc2)c2ccccc2)cc1. The van der Waals surface area contributed by atoms with Gasteiger partial charge in [-0.05, 0) is 85.4 Å². The maximum absolute atomic E-state index is 2.44. The largest absolute Gasteiger partial charge is 0.138 e. The van der Waals surface area contributed by atoms with Gasteiger partial charge in [0.1, 0.15) is 22.9 Å². The molecule has 8 aromatic carbocycles. The van der Waals surface area contributed by atoms with E-state index in [0.717, 1.165) is 12.3 Å². The Kier molecular flexibility index (Phi) is 10.9. The van der Waals surface area contributed by atoms with Crippen molar-refractivity contribution in [2.45, 2.75) is 0 Å². The summed E-state index contributed by atoms with van der Waals surface area (Å²) < 4.78 is 0. The smallest absolute Gasteiger partial charge is 0.0622 e. The van der Waals surface area contributed by atoms with Gasteiger partial charge in [-0.1, -0.05) is 206 Å². The molecule has 1 aliphatic rings. The van der Waals surface area contributed by atoms with Crippen molar-refractivity contribution in [2.75, 3.05) is 12.3 Å². The van der Waals surface area contributed by atoms with E-state index in [0.29, 0.717) is 0 Å². The number of rotatable bonds is 11. The first kappa shape index (κ1) is 36.7. The fraction of sp³-hybridized carbons (Fsp3) is 0.0385. The summed E-state index contributed by atoms with van der Waals surface area (Å²) in [5, 5.41) is 13.1. The van der Waals surface area contributed by atoms with Crippen LogP contribution in [0.3, 0.4) is 0 Å². The van der Waals surface area contributed by atoms with Gasteiger partial charge in [-0.15, -0.1) is 0 Å². The monoisotopic (exact) mass is 791 g/mol. The molecule has 0 atom stereocenters. The topological polar surface area (TPSA) is 0 Å². The van der Waals surface area contributed by atoms with Crippen LogP contribution in [0.2, 0.25) is 0 Å². The van der Waals surface area contributed by atoms with E-state index in [1.54, 1.807) is 5.03 Å². The summed E-state index contributed by atoms with van der Waals surface area (Å²) in [6.45, 7) is -2.35. The van der Waals surface area contributed by atoms with Gasteiger partial charge in [0.2, 0.25) is 0 Å². The molecule has 1 heterocycles. The molecule has 0 aromatic heterocycles. The lowest BCUT2D eigenvalue weighted by atomic mass is 10.1. The first-order chi connectivity index (χ1) is 27.8. The van der Waals surface area contributed by atoms with Crippen LogP contribution < -0.4 is 37.1 Å². The van der Waals surface area contributed by atoms with Gasteiger partial charge in [-0.25, -0.2) is 0 Å². The van der Waals surface area contributed by atoms with E-state index < -0.39 is 22.1 Å². The van der Waals surface area contributed by atoms with Gasteiger partial charge in [0.25, 0.3) is 0 Å². The molecule has 8 aromatic rings. The van der Waals surface area contributed by atoms with E-state index >= 15 is 0 Å². The second-order valence-corrected chi connectivity index (χ2v) is 25.1. The molecule has 0 spiro atoms. The predicted molar refractivity (Wildman–Crippen MR) is 255 cm³/mol. The first-order valence-corrected chi connectivity index (χ1v) is 25.5. The van der Waals surface area contributed by atoms with Crippen LogP contribution in [0.4, 0.5) is 0 Å². The van der Waals surface area contributed by atoms with Gasteiger partial charge in [-0.2, -0.15) is 0 Å². The highest BCUT2D eigenvalue weighted by atomic mass is 31.2. The molecule has 0 fully saturated rings. The van der Waals surface area contributed by atoms with Crippen molar-refractivity contribution in [1.29, 1.82) is 0 Å². The highest BCUT2D eigenvalue weighted by molar-refractivity contribution is 8.14. The summed E-state index contributed by atoms with van der Waals surface area (Å²) in [5.41, 5.74) is 2.82. The molecular weight excluding hydrogens is 748 g/mol. The summed E-state index contributed by atoms with van der Waals surface area (Å²) >= 11 is 0. The third kappa shape index (κ3) is 6.71. The van der Waals surface area contributed by atoms with Crippen molar-refractivity contribution in [3.8, 4) is 0 Å². The van der Waals surface area contributed by atoms with Gasteiger partial charge in [0, 0.05) is 16.8 Å². The van der Waals surface area contributed by atoms with Crippen LogP contribution in [0.25, 0.3) is 0 Å². The zero-order valence-electron chi connectivity index (χ0n) is 31.2. The van der Waals surface area contributed by atoms with E-state index in [-0.39, 0.29) is 0 Å². The molecule has 4 heteroatoms. The Balaban J connectivity index is 1.39. The Bertz CT molecular complexity index is 2430. The lowest BCUT2D eigenvalue weighted by Gasteiger charge is -2.31. The zero-order chi connectivity index (χ0) is 37.6. The van der Waals surface area contributed by atoms with E-state index in [1.807, 2.05) is 0 Å².